The van der Waals surface area contributed by atoms with E-state index >= 15 is 0 Å². The highest BCUT2D eigenvalue weighted by Gasteiger charge is 2.21. The Morgan fingerprint density at radius 2 is 1.83 bits per heavy atom. The first kappa shape index (κ1) is 21.5. The molecule has 1 heterocycles. The lowest BCUT2D eigenvalue weighted by Crippen LogP contribution is -2.12. The maximum absolute atomic E-state index is 11.0. The molecule has 1 atom stereocenters. The zero-order valence-electron chi connectivity index (χ0n) is 16.8. The Morgan fingerprint density at radius 1 is 1.10 bits per heavy atom. The van der Waals surface area contributed by atoms with Crippen LogP contribution in [-0.2, 0) is 11.2 Å². The number of nitrogens with zero attached hydrogens (tertiary/aromatic N) is 2. The molecule has 6 heteroatoms. The van der Waals surface area contributed by atoms with Crippen LogP contribution in [0.1, 0.15) is 45.8 Å². The minimum atomic E-state index is -0.865. The highest BCUT2D eigenvalue weighted by molar-refractivity contribution is 6.30. The summed E-state index contributed by atoms with van der Waals surface area (Å²) in [5.41, 5.74) is 6.03. The van der Waals surface area contributed by atoms with E-state index in [0.717, 1.165) is 33.5 Å². The number of aliphatic carboxylic acids is 1. The average molecular weight is 423 g/mol. The quantitative estimate of drug-likeness (QED) is 0.304. The van der Waals surface area contributed by atoms with E-state index in [4.69, 9.17) is 16.7 Å². The van der Waals surface area contributed by atoms with E-state index in [9.17, 15) is 10.0 Å². The lowest BCUT2D eigenvalue weighted by molar-refractivity contribution is -0.136. The van der Waals surface area contributed by atoms with Crippen molar-refractivity contribution in [2.75, 3.05) is 0 Å². The van der Waals surface area contributed by atoms with Gasteiger partial charge in [-0.1, -0.05) is 47.1 Å². The molecule has 3 aromatic rings. The number of carboxylic acid groups (broad SMARTS) is 1. The number of pyridine rings is 1. The van der Waals surface area contributed by atoms with Crippen LogP contribution in [0.15, 0.2) is 65.9 Å². The molecule has 5 nitrogen and oxygen atoms in total. The lowest BCUT2D eigenvalue weighted by Gasteiger charge is -2.21. The highest BCUT2D eigenvalue weighted by Crippen LogP contribution is 2.33. The summed E-state index contributed by atoms with van der Waals surface area (Å²) in [4.78, 5) is 15.2. The summed E-state index contributed by atoms with van der Waals surface area (Å²) in [6, 6.07) is 17.0. The maximum Gasteiger partial charge on any atom is 0.307 e. The normalized spacial score (nSPS) is 12.6. The first-order chi connectivity index (χ1) is 14.4. The largest absolute Gasteiger partial charge is 0.481 e. The fraction of sp³-hybridized carbons (Fsp3) is 0.208. The van der Waals surface area contributed by atoms with Gasteiger partial charge in [-0.25, -0.2) is 0 Å². The van der Waals surface area contributed by atoms with Crippen LogP contribution < -0.4 is 0 Å². The number of hydrogen-bond donors (Lipinski definition) is 2. The Kier molecular flexibility index (Phi) is 6.85. The number of carbonyl (C=O) groups is 1. The van der Waals surface area contributed by atoms with Gasteiger partial charge in [0.05, 0.1) is 12.1 Å². The number of carboxylic acids is 1. The number of aryl methyl sites for hydroxylation is 2. The minimum Gasteiger partial charge on any atom is -0.481 e. The summed E-state index contributed by atoms with van der Waals surface area (Å²) < 4.78 is 0. The number of hydrogen-bond acceptors (Lipinski definition) is 4. The van der Waals surface area contributed by atoms with Crippen molar-refractivity contribution in [3.05, 3.63) is 99.3 Å². The maximum atomic E-state index is 11.0. The summed E-state index contributed by atoms with van der Waals surface area (Å²) >= 11 is 6.16. The summed E-state index contributed by atoms with van der Waals surface area (Å²) in [7, 11) is 0. The molecule has 1 aromatic heterocycles. The van der Waals surface area contributed by atoms with Crippen LogP contribution in [0.5, 0.6) is 0 Å². The van der Waals surface area contributed by atoms with E-state index in [1.54, 1.807) is 6.20 Å². The van der Waals surface area contributed by atoms with E-state index in [2.05, 4.69) is 10.1 Å². The predicted molar refractivity (Wildman–Crippen MR) is 118 cm³/mol. The minimum absolute atomic E-state index is 0.0233. The molecule has 0 aliphatic carbocycles. The smallest absolute Gasteiger partial charge is 0.307 e. The van der Waals surface area contributed by atoms with Crippen molar-refractivity contribution < 1.29 is 15.1 Å². The Morgan fingerprint density at radius 3 is 2.43 bits per heavy atom. The standard InChI is InChI=1S/C24H23ClN2O3/c1-15-11-20(25)7-8-21(15)22(18-5-3-17(4-6-18)13-24(28)29)14-23(27-30)19-9-10-26-16(2)12-19/h3-12,22,30H,13-14H2,1-2H3,(H,28,29)/t22-/m1/s1. The molecular formula is C24H23ClN2O3. The molecule has 0 unspecified atom stereocenters. The SMILES string of the molecule is Cc1cc(C(C[C@H](c2ccc(CC(=O)O)cc2)c2ccc(Cl)cc2C)=NO)ccn1. The molecule has 0 aliphatic heterocycles. The van der Waals surface area contributed by atoms with E-state index in [1.165, 1.54) is 0 Å². The van der Waals surface area contributed by atoms with Gasteiger partial charge in [0, 0.05) is 34.8 Å². The first-order valence-corrected chi connectivity index (χ1v) is 9.96. The van der Waals surface area contributed by atoms with Gasteiger partial charge < -0.3 is 10.3 Å². The predicted octanol–water partition coefficient (Wildman–Crippen LogP) is 5.38. The Labute approximate surface area is 180 Å². The van der Waals surface area contributed by atoms with Gasteiger partial charge in [0.1, 0.15) is 0 Å². The third-order valence-corrected chi connectivity index (χ3v) is 5.33. The van der Waals surface area contributed by atoms with Gasteiger partial charge in [0.25, 0.3) is 0 Å². The number of aromatic nitrogens is 1. The summed E-state index contributed by atoms with van der Waals surface area (Å²) in [5.74, 6) is -0.962. The third-order valence-electron chi connectivity index (χ3n) is 5.09. The van der Waals surface area contributed by atoms with Crippen molar-refractivity contribution in [2.45, 2.75) is 32.6 Å². The van der Waals surface area contributed by atoms with Crippen LogP contribution in [0, 0.1) is 13.8 Å². The Balaban J connectivity index is 2.02. The number of benzene rings is 2. The van der Waals surface area contributed by atoms with Crippen molar-refractivity contribution in [3.63, 3.8) is 0 Å². The van der Waals surface area contributed by atoms with Crippen LogP contribution in [0.4, 0.5) is 0 Å². The Bertz CT molecular complexity index is 1080. The van der Waals surface area contributed by atoms with E-state index in [0.29, 0.717) is 17.2 Å². The third kappa shape index (κ3) is 5.24. The molecule has 2 aromatic carbocycles. The van der Waals surface area contributed by atoms with Crippen molar-refractivity contribution in [1.29, 1.82) is 0 Å². The zero-order valence-corrected chi connectivity index (χ0v) is 17.6. The molecule has 2 N–H and O–H groups in total. The summed E-state index contributed by atoms with van der Waals surface area (Å²) in [5, 5.41) is 23.0. The molecule has 0 amide bonds. The number of oxime groups is 1. The second kappa shape index (κ2) is 9.55. The zero-order chi connectivity index (χ0) is 21.7. The molecule has 0 saturated heterocycles. The van der Waals surface area contributed by atoms with Crippen molar-refractivity contribution in [1.82, 2.24) is 4.98 Å². The molecule has 0 aliphatic rings. The Hall–Kier alpha value is -3.18. The molecule has 0 spiro atoms. The van der Waals surface area contributed by atoms with Gasteiger partial charge in [-0.2, -0.15) is 0 Å². The molecule has 0 radical (unpaired) electrons. The topological polar surface area (TPSA) is 82.8 Å². The van der Waals surface area contributed by atoms with Crippen molar-refractivity contribution in [3.8, 4) is 0 Å². The van der Waals surface area contributed by atoms with Gasteiger partial charge in [-0.05, 0) is 60.4 Å². The van der Waals surface area contributed by atoms with Crippen LogP contribution in [0.2, 0.25) is 5.02 Å². The second-order valence-electron chi connectivity index (χ2n) is 7.30. The van der Waals surface area contributed by atoms with Crippen molar-refractivity contribution in [2.24, 2.45) is 5.16 Å². The lowest BCUT2D eigenvalue weighted by atomic mass is 9.83. The number of rotatable bonds is 7. The van der Waals surface area contributed by atoms with Gasteiger partial charge >= 0.3 is 5.97 Å². The fourth-order valence-corrected chi connectivity index (χ4v) is 3.84. The van der Waals surface area contributed by atoms with E-state index in [1.807, 2.05) is 68.4 Å². The van der Waals surface area contributed by atoms with Crippen LogP contribution >= 0.6 is 11.6 Å². The van der Waals surface area contributed by atoms with Gasteiger partial charge in [-0.3, -0.25) is 9.78 Å². The van der Waals surface area contributed by atoms with Crippen molar-refractivity contribution >= 4 is 23.3 Å². The second-order valence-corrected chi connectivity index (χ2v) is 7.74. The first-order valence-electron chi connectivity index (χ1n) is 9.58. The summed E-state index contributed by atoms with van der Waals surface area (Å²) in [6.07, 6.45) is 2.13. The molecular weight excluding hydrogens is 400 g/mol. The van der Waals surface area contributed by atoms with E-state index < -0.39 is 5.97 Å². The van der Waals surface area contributed by atoms with Crippen LogP contribution in [0.25, 0.3) is 0 Å². The highest BCUT2D eigenvalue weighted by atomic mass is 35.5. The monoisotopic (exact) mass is 422 g/mol. The molecule has 0 saturated carbocycles. The molecule has 0 bridgehead atoms. The average Bonchev–Trinajstić information content (AvgIpc) is 2.70. The molecule has 154 valence electrons. The van der Waals surface area contributed by atoms with Gasteiger partial charge in [0.2, 0.25) is 0 Å². The fourth-order valence-electron chi connectivity index (χ4n) is 3.61. The van der Waals surface area contributed by atoms with Gasteiger partial charge in [-0.15, -0.1) is 0 Å². The molecule has 3 rings (SSSR count). The summed E-state index contributed by atoms with van der Waals surface area (Å²) in [6.45, 7) is 3.89. The number of halogens is 1. The van der Waals surface area contributed by atoms with E-state index in [-0.39, 0.29) is 12.3 Å². The van der Waals surface area contributed by atoms with Gasteiger partial charge in [0.15, 0.2) is 0 Å². The van der Waals surface area contributed by atoms with Crippen LogP contribution in [0.3, 0.4) is 0 Å². The molecule has 30 heavy (non-hydrogen) atoms. The molecule has 0 fully saturated rings. The van der Waals surface area contributed by atoms with Crippen LogP contribution in [-0.4, -0.2) is 27.0 Å².